The Labute approximate surface area is 131 Å². The molecule has 0 aliphatic rings. The van der Waals surface area contributed by atoms with Crippen molar-refractivity contribution in [3.63, 3.8) is 0 Å². The van der Waals surface area contributed by atoms with Crippen molar-refractivity contribution < 1.29 is 22.4 Å². The summed E-state index contributed by atoms with van der Waals surface area (Å²) in [5.41, 5.74) is 1.26. The molecule has 0 saturated heterocycles. The Hall–Kier alpha value is -2.37. The first-order chi connectivity index (χ1) is 10.9. The quantitative estimate of drug-likeness (QED) is 0.758. The molecule has 2 aromatic rings. The van der Waals surface area contributed by atoms with Gasteiger partial charge in [0, 0.05) is 13.1 Å². The summed E-state index contributed by atoms with van der Waals surface area (Å²) in [6.45, 7) is -0.184. The Morgan fingerprint density at radius 2 is 1.26 bits per heavy atom. The summed E-state index contributed by atoms with van der Waals surface area (Å²) in [7, 11) is 0. The Bertz CT molecular complexity index is 587. The molecular formula is C17H15F4NO. The number of halogens is 4. The van der Waals surface area contributed by atoms with Crippen LogP contribution in [0.3, 0.4) is 0 Å². The highest BCUT2D eigenvalue weighted by Gasteiger charge is 2.47. The molecule has 0 spiro atoms. The molecule has 0 aromatic heterocycles. The highest BCUT2D eigenvalue weighted by Crippen LogP contribution is 2.25. The normalized spacial score (nSPS) is 12.7. The van der Waals surface area contributed by atoms with Crippen LogP contribution in [0.15, 0.2) is 60.7 Å². The molecule has 0 aliphatic heterocycles. The number of rotatable bonds is 5. The molecule has 0 saturated carbocycles. The van der Waals surface area contributed by atoms with Gasteiger partial charge in [0.05, 0.1) is 0 Å². The summed E-state index contributed by atoms with van der Waals surface area (Å²) >= 11 is 0. The van der Waals surface area contributed by atoms with Gasteiger partial charge >= 0.3 is 6.18 Å². The van der Waals surface area contributed by atoms with Crippen molar-refractivity contribution >= 4 is 5.91 Å². The Kier molecular flexibility index (Phi) is 5.36. The first-order valence-corrected chi connectivity index (χ1v) is 6.95. The number of carbonyl (C=O) groups is 1. The van der Waals surface area contributed by atoms with E-state index in [-0.39, 0.29) is 13.1 Å². The summed E-state index contributed by atoms with van der Waals surface area (Å²) < 4.78 is 51.0. The Morgan fingerprint density at radius 1 is 0.870 bits per heavy atom. The number of hydrogen-bond donors (Lipinski definition) is 0. The fourth-order valence-electron chi connectivity index (χ4n) is 2.12. The Morgan fingerprint density at radius 3 is 1.61 bits per heavy atom. The number of hydrogen-bond acceptors (Lipinski definition) is 1. The lowest BCUT2D eigenvalue weighted by Crippen LogP contribution is -2.43. The molecule has 122 valence electrons. The third kappa shape index (κ3) is 4.81. The van der Waals surface area contributed by atoms with Gasteiger partial charge < -0.3 is 4.90 Å². The van der Waals surface area contributed by atoms with Crippen LogP contribution >= 0.6 is 0 Å². The molecule has 0 fully saturated rings. The van der Waals surface area contributed by atoms with Crippen LogP contribution in [0.2, 0.25) is 0 Å². The number of nitrogens with zero attached hydrogens (tertiary/aromatic N) is 1. The van der Waals surface area contributed by atoms with E-state index < -0.39 is 18.3 Å². The van der Waals surface area contributed by atoms with Gasteiger partial charge in [-0.25, -0.2) is 4.39 Å². The van der Waals surface area contributed by atoms with E-state index in [9.17, 15) is 22.4 Å². The first kappa shape index (κ1) is 17.0. The average molecular weight is 325 g/mol. The van der Waals surface area contributed by atoms with E-state index in [1.807, 2.05) is 0 Å². The topological polar surface area (TPSA) is 20.3 Å². The lowest BCUT2D eigenvalue weighted by atomic mass is 10.1. The van der Waals surface area contributed by atoms with E-state index in [0.717, 1.165) is 4.90 Å². The second-order valence-corrected chi connectivity index (χ2v) is 5.07. The molecule has 6 heteroatoms. The van der Waals surface area contributed by atoms with Crippen molar-refractivity contribution in [3.8, 4) is 0 Å². The summed E-state index contributed by atoms with van der Waals surface area (Å²) in [6, 6.07) is 17.0. The minimum Gasteiger partial charge on any atom is -0.331 e. The van der Waals surface area contributed by atoms with Crippen molar-refractivity contribution in [1.29, 1.82) is 0 Å². The van der Waals surface area contributed by atoms with Crippen LogP contribution in [0, 0.1) is 0 Å². The number of benzene rings is 2. The summed E-state index contributed by atoms with van der Waals surface area (Å²) in [5.74, 6) is -1.58. The van der Waals surface area contributed by atoms with Crippen LogP contribution < -0.4 is 0 Å². The second-order valence-electron chi connectivity index (χ2n) is 5.07. The lowest BCUT2D eigenvalue weighted by Gasteiger charge is -2.25. The van der Waals surface area contributed by atoms with E-state index in [1.54, 1.807) is 60.7 Å². The maximum Gasteiger partial charge on any atom is 0.428 e. The van der Waals surface area contributed by atoms with Crippen LogP contribution in [0.5, 0.6) is 0 Å². The van der Waals surface area contributed by atoms with Gasteiger partial charge in [-0.15, -0.1) is 0 Å². The average Bonchev–Trinajstić information content (AvgIpc) is 2.54. The molecule has 0 heterocycles. The zero-order valence-electron chi connectivity index (χ0n) is 12.1. The van der Waals surface area contributed by atoms with Crippen LogP contribution in [0.4, 0.5) is 17.6 Å². The highest BCUT2D eigenvalue weighted by atomic mass is 19.4. The zero-order chi connectivity index (χ0) is 16.9. The summed E-state index contributed by atoms with van der Waals surface area (Å²) in [5, 5.41) is 0. The fraction of sp³-hybridized carbons (Fsp3) is 0.235. The van der Waals surface area contributed by atoms with Crippen LogP contribution in [0.25, 0.3) is 0 Å². The van der Waals surface area contributed by atoms with Crippen LogP contribution in [-0.4, -0.2) is 23.2 Å². The maximum absolute atomic E-state index is 13.4. The zero-order valence-corrected chi connectivity index (χ0v) is 12.1. The second kappa shape index (κ2) is 7.26. The molecule has 0 N–H and O–H groups in total. The van der Waals surface area contributed by atoms with Gasteiger partial charge in [-0.2, -0.15) is 13.2 Å². The van der Waals surface area contributed by atoms with Crippen molar-refractivity contribution in [3.05, 3.63) is 71.8 Å². The standard InChI is InChI=1S/C17H15F4NO/c18-15(17(19,20)21)16(23)22(11-13-7-3-1-4-8-13)12-14-9-5-2-6-10-14/h1-10,15H,11-12H2/t15-/m0/s1. The van der Waals surface area contributed by atoms with Gasteiger partial charge in [0.1, 0.15) is 0 Å². The first-order valence-electron chi connectivity index (χ1n) is 6.95. The molecular weight excluding hydrogens is 310 g/mol. The molecule has 0 radical (unpaired) electrons. The third-order valence-electron chi connectivity index (χ3n) is 3.25. The van der Waals surface area contributed by atoms with Crippen molar-refractivity contribution in [2.75, 3.05) is 0 Å². The predicted octanol–water partition coefficient (Wildman–Crippen LogP) is 4.12. The number of carbonyl (C=O) groups excluding carboxylic acids is 1. The minimum atomic E-state index is -5.21. The molecule has 2 aromatic carbocycles. The fourth-order valence-corrected chi connectivity index (χ4v) is 2.12. The largest absolute Gasteiger partial charge is 0.428 e. The van der Waals surface area contributed by atoms with E-state index in [0.29, 0.717) is 11.1 Å². The van der Waals surface area contributed by atoms with Crippen molar-refractivity contribution in [1.82, 2.24) is 4.90 Å². The molecule has 0 aliphatic carbocycles. The van der Waals surface area contributed by atoms with E-state index in [1.165, 1.54) is 0 Å². The van der Waals surface area contributed by atoms with Crippen LogP contribution in [0.1, 0.15) is 11.1 Å². The predicted molar refractivity (Wildman–Crippen MR) is 78.1 cm³/mol. The van der Waals surface area contributed by atoms with E-state index in [4.69, 9.17) is 0 Å². The summed E-state index contributed by atoms with van der Waals surface area (Å²) in [6.07, 6.45) is -8.72. The molecule has 0 unspecified atom stereocenters. The smallest absolute Gasteiger partial charge is 0.331 e. The van der Waals surface area contributed by atoms with E-state index >= 15 is 0 Å². The number of amides is 1. The van der Waals surface area contributed by atoms with Gasteiger partial charge in [0.25, 0.3) is 12.1 Å². The number of alkyl halides is 4. The van der Waals surface area contributed by atoms with Gasteiger partial charge in [-0.3, -0.25) is 4.79 Å². The molecule has 1 amide bonds. The van der Waals surface area contributed by atoms with Gasteiger partial charge in [-0.1, -0.05) is 60.7 Å². The van der Waals surface area contributed by atoms with Gasteiger partial charge in [-0.05, 0) is 11.1 Å². The lowest BCUT2D eigenvalue weighted by molar-refractivity contribution is -0.193. The van der Waals surface area contributed by atoms with Crippen molar-refractivity contribution in [2.45, 2.75) is 25.4 Å². The summed E-state index contributed by atoms with van der Waals surface area (Å²) in [4.78, 5) is 12.8. The monoisotopic (exact) mass is 325 g/mol. The molecule has 2 rings (SSSR count). The molecule has 23 heavy (non-hydrogen) atoms. The third-order valence-corrected chi connectivity index (χ3v) is 3.25. The van der Waals surface area contributed by atoms with Crippen LogP contribution in [-0.2, 0) is 17.9 Å². The maximum atomic E-state index is 13.4. The molecule has 2 nitrogen and oxygen atoms in total. The Balaban J connectivity index is 2.22. The van der Waals surface area contributed by atoms with E-state index in [2.05, 4.69) is 0 Å². The molecule has 1 atom stereocenters. The minimum absolute atomic E-state index is 0.0922. The molecule has 0 bridgehead atoms. The highest BCUT2D eigenvalue weighted by molar-refractivity contribution is 5.81. The van der Waals surface area contributed by atoms with Crippen molar-refractivity contribution in [2.24, 2.45) is 0 Å². The van der Waals surface area contributed by atoms with Gasteiger partial charge in [0.15, 0.2) is 0 Å². The van der Waals surface area contributed by atoms with Gasteiger partial charge in [0.2, 0.25) is 0 Å². The SMILES string of the molecule is O=C([C@H](F)C(F)(F)F)N(Cc1ccccc1)Cc1ccccc1.